The zero-order chi connectivity index (χ0) is 16.1. The van der Waals surface area contributed by atoms with Crippen molar-refractivity contribution in [1.29, 1.82) is 0 Å². The first-order valence-electron chi connectivity index (χ1n) is 7.24. The first kappa shape index (κ1) is 14.7. The van der Waals surface area contributed by atoms with Crippen molar-refractivity contribution in [2.45, 2.75) is 0 Å². The highest BCUT2D eigenvalue weighted by atomic mass is 16.5. The van der Waals surface area contributed by atoms with Crippen molar-refractivity contribution in [2.24, 2.45) is 0 Å². The SMILES string of the molecule is Oc1cc(O)cc(O/C(=C\c2ccccc2)c2ccccc2)c1. The third-order valence-corrected chi connectivity index (χ3v) is 3.26. The summed E-state index contributed by atoms with van der Waals surface area (Å²) >= 11 is 0. The van der Waals surface area contributed by atoms with Crippen LogP contribution in [-0.4, -0.2) is 10.2 Å². The number of ether oxygens (including phenoxy) is 1. The molecule has 3 aromatic carbocycles. The molecule has 3 rings (SSSR count). The molecule has 0 aromatic heterocycles. The van der Waals surface area contributed by atoms with Crippen LogP contribution in [0.25, 0.3) is 11.8 Å². The van der Waals surface area contributed by atoms with Crippen LogP contribution in [0.3, 0.4) is 0 Å². The Balaban J connectivity index is 2.00. The van der Waals surface area contributed by atoms with Crippen LogP contribution in [0.15, 0.2) is 78.9 Å². The van der Waals surface area contributed by atoms with Gasteiger partial charge in [-0.2, -0.15) is 0 Å². The Morgan fingerprint density at radius 3 is 1.91 bits per heavy atom. The largest absolute Gasteiger partial charge is 0.508 e. The van der Waals surface area contributed by atoms with E-state index in [2.05, 4.69) is 0 Å². The van der Waals surface area contributed by atoms with Crippen LogP contribution >= 0.6 is 0 Å². The molecule has 0 aliphatic heterocycles. The Kier molecular flexibility index (Phi) is 4.29. The van der Waals surface area contributed by atoms with Crippen LogP contribution in [-0.2, 0) is 0 Å². The molecule has 0 saturated heterocycles. The van der Waals surface area contributed by atoms with Gasteiger partial charge in [0.2, 0.25) is 0 Å². The standard InChI is InChI=1S/C20H16O3/c21-17-12-18(22)14-19(13-17)23-20(16-9-5-2-6-10-16)11-15-7-3-1-4-8-15/h1-14,21-22H/b20-11-. The third kappa shape index (κ3) is 3.92. The summed E-state index contributed by atoms with van der Waals surface area (Å²) in [4.78, 5) is 0. The zero-order valence-corrected chi connectivity index (χ0v) is 12.4. The van der Waals surface area contributed by atoms with E-state index in [1.54, 1.807) is 0 Å². The monoisotopic (exact) mass is 304 g/mol. The summed E-state index contributed by atoms with van der Waals surface area (Å²) in [5.41, 5.74) is 1.90. The van der Waals surface area contributed by atoms with E-state index in [1.165, 1.54) is 18.2 Å². The van der Waals surface area contributed by atoms with Crippen molar-refractivity contribution < 1.29 is 14.9 Å². The van der Waals surface area contributed by atoms with Crippen molar-refractivity contribution >= 4 is 11.8 Å². The minimum Gasteiger partial charge on any atom is -0.508 e. The molecule has 3 heteroatoms. The predicted octanol–water partition coefficient (Wildman–Crippen LogP) is 4.67. The molecule has 0 heterocycles. The highest BCUT2D eigenvalue weighted by Crippen LogP contribution is 2.30. The highest BCUT2D eigenvalue weighted by molar-refractivity contribution is 5.78. The number of benzene rings is 3. The normalized spacial score (nSPS) is 11.2. The van der Waals surface area contributed by atoms with E-state index in [1.807, 2.05) is 66.7 Å². The van der Waals surface area contributed by atoms with E-state index in [-0.39, 0.29) is 11.5 Å². The number of phenolic OH excluding ortho intramolecular Hbond substituents is 2. The molecule has 0 atom stereocenters. The molecule has 0 radical (unpaired) electrons. The summed E-state index contributed by atoms with van der Waals surface area (Å²) in [6, 6.07) is 23.7. The first-order valence-corrected chi connectivity index (χ1v) is 7.24. The van der Waals surface area contributed by atoms with E-state index in [0.717, 1.165) is 11.1 Å². The Morgan fingerprint density at radius 1 is 0.739 bits per heavy atom. The van der Waals surface area contributed by atoms with Crippen molar-refractivity contribution in [3.05, 3.63) is 90.0 Å². The Bertz CT molecular complexity index is 789. The van der Waals surface area contributed by atoms with Gasteiger partial charge in [-0.15, -0.1) is 0 Å². The zero-order valence-electron chi connectivity index (χ0n) is 12.4. The van der Waals surface area contributed by atoms with Gasteiger partial charge in [-0.3, -0.25) is 0 Å². The summed E-state index contributed by atoms with van der Waals surface area (Å²) in [5.74, 6) is 0.898. The molecule has 114 valence electrons. The molecule has 0 aliphatic rings. The van der Waals surface area contributed by atoms with Gasteiger partial charge in [0, 0.05) is 23.8 Å². The van der Waals surface area contributed by atoms with Crippen LogP contribution in [0.1, 0.15) is 11.1 Å². The maximum atomic E-state index is 9.61. The summed E-state index contributed by atoms with van der Waals surface area (Å²) in [7, 11) is 0. The fourth-order valence-corrected chi connectivity index (χ4v) is 2.23. The minimum atomic E-state index is -0.0490. The molecular formula is C20H16O3. The summed E-state index contributed by atoms with van der Waals surface area (Å²) < 4.78 is 5.91. The molecule has 3 nitrogen and oxygen atoms in total. The van der Waals surface area contributed by atoms with Crippen LogP contribution in [0.2, 0.25) is 0 Å². The highest BCUT2D eigenvalue weighted by Gasteiger charge is 2.07. The minimum absolute atomic E-state index is 0.0490. The fourth-order valence-electron chi connectivity index (χ4n) is 2.23. The lowest BCUT2D eigenvalue weighted by molar-refractivity contribution is 0.438. The van der Waals surface area contributed by atoms with Gasteiger partial charge in [-0.05, 0) is 11.6 Å². The molecule has 2 N–H and O–H groups in total. The number of aromatic hydroxyl groups is 2. The lowest BCUT2D eigenvalue weighted by Crippen LogP contribution is -1.95. The van der Waals surface area contributed by atoms with Gasteiger partial charge in [0.15, 0.2) is 0 Å². The van der Waals surface area contributed by atoms with Crippen LogP contribution in [0, 0.1) is 0 Å². The van der Waals surface area contributed by atoms with Crippen molar-refractivity contribution in [3.63, 3.8) is 0 Å². The molecule has 0 unspecified atom stereocenters. The van der Waals surface area contributed by atoms with Crippen LogP contribution < -0.4 is 4.74 Å². The molecule has 0 spiro atoms. The molecular weight excluding hydrogens is 288 g/mol. The summed E-state index contributed by atoms with van der Waals surface area (Å²) in [5, 5.41) is 19.2. The lowest BCUT2D eigenvalue weighted by Gasteiger charge is -2.11. The molecule has 0 bridgehead atoms. The fraction of sp³-hybridized carbons (Fsp3) is 0. The maximum Gasteiger partial charge on any atom is 0.135 e. The predicted molar refractivity (Wildman–Crippen MR) is 91.2 cm³/mol. The number of rotatable bonds is 4. The second-order valence-electron chi connectivity index (χ2n) is 5.07. The summed E-state index contributed by atoms with van der Waals surface area (Å²) in [6.45, 7) is 0. The number of phenols is 2. The maximum absolute atomic E-state index is 9.61. The first-order chi connectivity index (χ1) is 11.2. The van der Waals surface area contributed by atoms with E-state index >= 15 is 0 Å². The third-order valence-electron chi connectivity index (χ3n) is 3.26. The molecule has 0 aliphatic carbocycles. The quantitative estimate of drug-likeness (QED) is 0.544. The smallest absolute Gasteiger partial charge is 0.135 e. The number of hydrogen-bond donors (Lipinski definition) is 2. The van der Waals surface area contributed by atoms with Crippen LogP contribution in [0.4, 0.5) is 0 Å². The van der Waals surface area contributed by atoms with Gasteiger partial charge < -0.3 is 14.9 Å². The molecule has 0 saturated carbocycles. The van der Waals surface area contributed by atoms with Gasteiger partial charge in [-0.25, -0.2) is 0 Å². The average Bonchev–Trinajstić information content (AvgIpc) is 2.55. The van der Waals surface area contributed by atoms with Gasteiger partial charge in [0.1, 0.15) is 23.0 Å². The second kappa shape index (κ2) is 6.71. The number of hydrogen-bond acceptors (Lipinski definition) is 3. The Hall–Kier alpha value is -3.20. The van der Waals surface area contributed by atoms with Crippen molar-refractivity contribution in [3.8, 4) is 17.2 Å². The summed E-state index contributed by atoms with van der Waals surface area (Å²) in [6.07, 6.45) is 1.91. The molecule has 23 heavy (non-hydrogen) atoms. The van der Waals surface area contributed by atoms with Gasteiger partial charge in [0.05, 0.1) is 0 Å². The Morgan fingerprint density at radius 2 is 1.30 bits per heavy atom. The average molecular weight is 304 g/mol. The lowest BCUT2D eigenvalue weighted by atomic mass is 10.1. The topological polar surface area (TPSA) is 49.7 Å². The van der Waals surface area contributed by atoms with Gasteiger partial charge in [-0.1, -0.05) is 60.7 Å². The van der Waals surface area contributed by atoms with Gasteiger partial charge >= 0.3 is 0 Å². The van der Waals surface area contributed by atoms with Crippen LogP contribution in [0.5, 0.6) is 17.2 Å². The van der Waals surface area contributed by atoms with Gasteiger partial charge in [0.25, 0.3) is 0 Å². The molecule has 0 amide bonds. The van der Waals surface area contributed by atoms with E-state index < -0.39 is 0 Å². The van der Waals surface area contributed by atoms with E-state index in [4.69, 9.17) is 4.74 Å². The molecule has 3 aromatic rings. The van der Waals surface area contributed by atoms with E-state index in [9.17, 15) is 10.2 Å². The van der Waals surface area contributed by atoms with Crippen molar-refractivity contribution in [1.82, 2.24) is 0 Å². The van der Waals surface area contributed by atoms with Crippen molar-refractivity contribution in [2.75, 3.05) is 0 Å². The molecule has 0 fully saturated rings. The Labute approximate surface area is 134 Å². The second-order valence-corrected chi connectivity index (χ2v) is 5.07. The van der Waals surface area contributed by atoms with E-state index in [0.29, 0.717) is 11.5 Å².